The standard InChI is InChI=1S/C15H30N2O3/c1-6-8-17(14(18)20-15(2,3)4)9-7-16-12-10-13(11-12)19-5/h12-13,16H,6-11H2,1-5H3. The molecule has 20 heavy (non-hydrogen) atoms. The molecule has 0 atom stereocenters. The summed E-state index contributed by atoms with van der Waals surface area (Å²) >= 11 is 0. The van der Waals surface area contributed by atoms with E-state index in [2.05, 4.69) is 12.2 Å². The molecule has 0 aromatic carbocycles. The van der Waals surface area contributed by atoms with Gasteiger partial charge < -0.3 is 19.7 Å². The van der Waals surface area contributed by atoms with E-state index in [0.29, 0.717) is 18.7 Å². The zero-order valence-corrected chi connectivity index (χ0v) is 13.6. The van der Waals surface area contributed by atoms with E-state index in [1.807, 2.05) is 20.8 Å². The van der Waals surface area contributed by atoms with Gasteiger partial charge in [0.25, 0.3) is 0 Å². The molecule has 1 aliphatic carbocycles. The Balaban J connectivity index is 2.26. The van der Waals surface area contributed by atoms with Crippen molar-refractivity contribution in [2.45, 2.75) is 64.7 Å². The Bertz CT molecular complexity index is 296. The second-order valence-corrected chi connectivity index (χ2v) is 6.45. The maximum absolute atomic E-state index is 12.1. The van der Waals surface area contributed by atoms with E-state index in [9.17, 15) is 4.79 Å². The molecular formula is C15H30N2O3. The van der Waals surface area contributed by atoms with Crippen LogP contribution in [0.2, 0.25) is 0 Å². The van der Waals surface area contributed by atoms with Crippen LogP contribution < -0.4 is 5.32 Å². The molecule has 5 heteroatoms. The lowest BCUT2D eigenvalue weighted by Gasteiger charge is -2.35. The van der Waals surface area contributed by atoms with Crippen molar-refractivity contribution >= 4 is 6.09 Å². The maximum Gasteiger partial charge on any atom is 0.410 e. The van der Waals surface area contributed by atoms with E-state index >= 15 is 0 Å². The molecule has 0 saturated heterocycles. The number of carbonyl (C=O) groups excluding carboxylic acids is 1. The maximum atomic E-state index is 12.1. The minimum Gasteiger partial charge on any atom is -0.444 e. The summed E-state index contributed by atoms with van der Waals surface area (Å²) in [5, 5.41) is 3.46. The number of nitrogens with zero attached hydrogens (tertiary/aromatic N) is 1. The van der Waals surface area contributed by atoms with Crippen molar-refractivity contribution in [3.8, 4) is 0 Å². The number of amides is 1. The summed E-state index contributed by atoms with van der Waals surface area (Å²) in [6, 6.07) is 0.530. The lowest BCUT2D eigenvalue weighted by atomic mass is 9.89. The van der Waals surface area contributed by atoms with Gasteiger partial charge in [0.05, 0.1) is 6.10 Å². The summed E-state index contributed by atoms with van der Waals surface area (Å²) in [6.07, 6.45) is 3.26. The molecule has 0 bridgehead atoms. The van der Waals surface area contributed by atoms with Gasteiger partial charge in [-0.3, -0.25) is 0 Å². The van der Waals surface area contributed by atoms with Crippen LogP contribution in [0.1, 0.15) is 47.0 Å². The Kier molecular flexibility index (Phi) is 6.76. The molecule has 0 aliphatic heterocycles. The van der Waals surface area contributed by atoms with E-state index in [1.165, 1.54) is 0 Å². The van der Waals surface area contributed by atoms with Crippen molar-refractivity contribution in [1.82, 2.24) is 10.2 Å². The smallest absolute Gasteiger partial charge is 0.410 e. The van der Waals surface area contributed by atoms with Crippen molar-refractivity contribution in [2.24, 2.45) is 0 Å². The second kappa shape index (κ2) is 7.84. The topological polar surface area (TPSA) is 50.8 Å². The molecule has 1 rings (SSSR count). The molecule has 0 radical (unpaired) electrons. The molecule has 1 aliphatic rings. The third-order valence-corrected chi connectivity index (χ3v) is 3.39. The summed E-state index contributed by atoms with van der Waals surface area (Å²) in [4.78, 5) is 13.8. The van der Waals surface area contributed by atoms with E-state index < -0.39 is 5.60 Å². The number of carbonyl (C=O) groups is 1. The molecule has 0 spiro atoms. The van der Waals surface area contributed by atoms with Crippen molar-refractivity contribution < 1.29 is 14.3 Å². The minimum atomic E-state index is -0.434. The van der Waals surface area contributed by atoms with Crippen LogP contribution in [0.15, 0.2) is 0 Å². The number of nitrogens with one attached hydrogen (secondary N) is 1. The number of hydrogen-bond acceptors (Lipinski definition) is 4. The summed E-state index contributed by atoms with van der Waals surface area (Å²) in [5.74, 6) is 0. The normalized spacial score (nSPS) is 22.2. The largest absolute Gasteiger partial charge is 0.444 e. The minimum absolute atomic E-state index is 0.218. The zero-order chi connectivity index (χ0) is 15.2. The number of methoxy groups -OCH3 is 1. The lowest BCUT2D eigenvalue weighted by Crippen LogP contribution is -2.48. The van der Waals surface area contributed by atoms with Crippen molar-refractivity contribution in [3.05, 3.63) is 0 Å². The first-order valence-electron chi connectivity index (χ1n) is 7.59. The first-order chi connectivity index (χ1) is 9.35. The van der Waals surface area contributed by atoms with Crippen molar-refractivity contribution in [3.63, 3.8) is 0 Å². The fourth-order valence-corrected chi connectivity index (χ4v) is 2.22. The fraction of sp³-hybridized carbons (Fsp3) is 0.933. The molecule has 118 valence electrons. The zero-order valence-electron chi connectivity index (χ0n) is 13.6. The predicted octanol–water partition coefficient (Wildman–Crippen LogP) is 2.40. The van der Waals surface area contributed by atoms with Gasteiger partial charge in [0.1, 0.15) is 5.60 Å². The molecule has 0 aromatic heterocycles. The van der Waals surface area contributed by atoms with Crippen LogP contribution in [-0.2, 0) is 9.47 Å². The molecule has 1 amide bonds. The Morgan fingerprint density at radius 3 is 2.45 bits per heavy atom. The average Bonchev–Trinajstić information content (AvgIpc) is 2.28. The monoisotopic (exact) mass is 286 g/mol. The van der Waals surface area contributed by atoms with Crippen LogP contribution in [0.25, 0.3) is 0 Å². The molecule has 5 nitrogen and oxygen atoms in total. The van der Waals surface area contributed by atoms with Gasteiger partial charge in [0.2, 0.25) is 0 Å². The van der Waals surface area contributed by atoms with Gasteiger partial charge in [-0.2, -0.15) is 0 Å². The van der Waals surface area contributed by atoms with Gasteiger partial charge >= 0.3 is 6.09 Å². The van der Waals surface area contributed by atoms with Gasteiger partial charge in [0, 0.05) is 32.8 Å². The van der Waals surface area contributed by atoms with Crippen LogP contribution >= 0.6 is 0 Å². The molecule has 0 aromatic rings. The highest BCUT2D eigenvalue weighted by atomic mass is 16.6. The highest BCUT2D eigenvalue weighted by molar-refractivity contribution is 5.68. The number of rotatable bonds is 7. The fourth-order valence-electron chi connectivity index (χ4n) is 2.22. The Morgan fingerprint density at radius 2 is 1.95 bits per heavy atom. The highest BCUT2D eigenvalue weighted by Gasteiger charge is 2.28. The van der Waals surface area contributed by atoms with Gasteiger partial charge in [-0.1, -0.05) is 6.92 Å². The van der Waals surface area contributed by atoms with Gasteiger partial charge in [0.15, 0.2) is 0 Å². The van der Waals surface area contributed by atoms with E-state index in [-0.39, 0.29) is 6.09 Å². The molecule has 1 fully saturated rings. The quantitative estimate of drug-likeness (QED) is 0.781. The van der Waals surface area contributed by atoms with Gasteiger partial charge in [-0.15, -0.1) is 0 Å². The molecule has 1 saturated carbocycles. The first kappa shape index (κ1) is 17.2. The van der Waals surface area contributed by atoms with E-state index in [4.69, 9.17) is 9.47 Å². The molecule has 1 N–H and O–H groups in total. The second-order valence-electron chi connectivity index (χ2n) is 6.45. The summed E-state index contributed by atoms with van der Waals surface area (Å²) in [6.45, 7) is 9.99. The van der Waals surface area contributed by atoms with Gasteiger partial charge in [-0.05, 0) is 40.0 Å². The Hall–Kier alpha value is -0.810. The first-order valence-corrected chi connectivity index (χ1v) is 7.59. The van der Waals surface area contributed by atoms with Crippen molar-refractivity contribution in [2.75, 3.05) is 26.7 Å². The molecule has 0 unspecified atom stereocenters. The predicted molar refractivity (Wildman–Crippen MR) is 79.9 cm³/mol. The van der Waals surface area contributed by atoms with E-state index in [0.717, 1.165) is 32.4 Å². The van der Waals surface area contributed by atoms with Crippen LogP contribution in [0.4, 0.5) is 4.79 Å². The Labute approximate surface area is 123 Å². The number of ether oxygens (including phenoxy) is 2. The van der Waals surface area contributed by atoms with Crippen molar-refractivity contribution in [1.29, 1.82) is 0 Å². The van der Waals surface area contributed by atoms with Crippen LogP contribution in [-0.4, -0.2) is 55.5 Å². The van der Waals surface area contributed by atoms with Crippen LogP contribution in [0.3, 0.4) is 0 Å². The SMILES string of the molecule is CCCN(CCNC1CC(OC)C1)C(=O)OC(C)(C)C. The molecule has 0 heterocycles. The third-order valence-electron chi connectivity index (χ3n) is 3.39. The third kappa shape index (κ3) is 6.09. The summed E-state index contributed by atoms with van der Waals surface area (Å²) < 4.78 is 10.7. The van der Waals surface area contributed by atoms with Gasteiger partial charge in [-0.25, -0.2) is 4.79 Å². The summed E-state index contributed by atoms with van der Waals surface area (Å²) in [7, 11) is 1.76. The summed E-state index contributed by atoms with van der Waals surface area (Å²) in [5.41, 5.74) is -0.434. The van der Waals surface area contributed by atoms with E-state index in [1.54, 1.807) is 12.0 Å². The van der Waals surface area contributed by atoms with Crippen LogP contribution in [0.5, 0.6) is 0 Å². The number of hydrogen-bond donors (Lipinski definition) is 1. The molecular weight excluding hydrogens is 256 g/mol. The lowest BCUT2D eigenvalue weighted by molar-refractivity contribution is 0.0136. The highest BCUT2D eigenvalue weighted by Crippen LogP contribution is 2.22. The Morgan fingerprint density at radius 1 is 1.30 bits per heavy atom. The average molecular weight is 286 g/mol. The van der Waals surface area contributed by atoms with Crippen LogP contribution in [0, 0.1) is 0 Å².